The predicted octanol–water partition coefficient (Wildman–Crippen LogP) is 3.17. The van der Waals surface area contributed by atoms with Crippen LogP contribution in [0.3, 0.4) is 0 Å². The molecule has 3 aromatic rings. The molecule has 0 atom stereocenters. The Morgan fingerprint density at radius 3 is 2.58 bits per heavy atom. The molecule has 0 N–H and O–H groups in total. The molecular weight excluding hydrogens is 302 g/mol. The zero-order chi connectivity index (χ0) is 16.9. The third-order valence-corrected chi connectivity index (χ3v) is 3.59. The zero-order valence-electron chi connectivity index (χ0n) is 13.2. The molecule has 0 fully saturated rings. The topological polar surface area (TPSA) is 62.2 Å². The van der Waals surface area contributed by atoms with Crippen LogP contribution in [0.25, 0.3) is 23.1 Å². The fraction of sp³-hybridized carbons (Fsp3) is 0.100. The normalized spacial score (nSPS) is 11.0. The van der Waals surface area contributed by atoms with E-state index in [4.69, 9.17) is 4.74 Å². The number of carbonyl (C=O) groups is 1. The van der Waals surface area contributed by atoms with Crippen LogP contribution < -0.4 is 9.84 Å². The summed E-state index contributed by atoms with van der Waals surface area (Å²) in [7, 11) is 0. The number of ether oxygens (including phenoxy) is 1. The van der Waals surface area contributed by atoms with Gasteiger partial charge in [0.15, 0.2) is 0 Å². The van der Waals surface area contributed by atoms with Gasteiger partial charge in [-0.05, 0) is 42.8 Å². The molecule has 120 valence electrons. The van der Waals surface area contributed by atoms with Crippen molar-refractivity contribution in [2.24, 2.45) is 0 Å². The van der Waals surface area contributed by atoms with Gasteiger partial charge in [0.25, 0.3) is 0 Å². The lowest BCUT2D eigenvalue weighted by molar-refractivity contribution is -0.254. The summed E-state index contributed by atoms with van der Waals surface area (Å²) in [6.45, 7) is 2.57. The molecule has 0 bridgehead atoms. The van der Waals surface area contributed by atoms with Crippen molar-refractivity contribution < 1.29 is 14.6 Å². The first kappa shape index (κ1) is 15.7. The Kier molecular flexibility index (Phi) is 4.57. The minimum absolute atomic E-state index is 0.145. The summed E-state index contributed by atoms with van der Waals surface area (Å²) < 4.78 is 5.41. The van der Waals surface area contributed by atoms with Crippen molar-refractivity contribution in [1.82, 2.24) is 4.98 Å². The van der Waals surface area contributed by atoms with Crippen molar-refractivity contribution >= 4 is 29.0 Å². The molecular formula is C20H16NO3-. The van der Waals surface area contributed by atoms with E-state index in [2.05, 4.69) is 4.98 Å². The van der Waals surface area contributed by atoms with Gasteiger partial charge in [-0.1, -0.05) is 36.4 Å². The number of carboxylic acids is 1. The zero-order valence-corrected chi connectivity index (χ0v) is 13.2. The number of carbonyl (C=O) groups excluding carboxylic acids is 1. The Balaban J connectivity index is 1.93. The average molecular weight is 318 g/mol. The Morgan fingerprint density at radius 2 is 1.88 bits per heavy atom. The molecule has 0 unspecified atom stereocenters. The van der Waals surface area contributed by atoms with Crippen LogP contribution in [0.15, 0.2) is 54.6 Å². The number of para-hydroxylation sites is 1. The van der Waals surface area contributed by atoms with Gasteiger partial charge in [-0.15, -0.1) is 0 Å². The Hall–Kier alpha value is -3.14. The molecule has 24 heavy (non-hydrogen) atoms. The highest BCUT2D eigenvalue weighted by Crippen LogP contribution is 2.20. The molecule has 2 aromatic carbocycles. The second kappa shape index (κ2) is 6.96. The van der Waals surface area contributed by atoms with Gasteiger partial charge in [-0.25, -0.2) is 4.98 Å². The number of hydrogen-bond donors (Lipinski definition) is 0. The van der Waals surface area contributed by atoms with Crippen LogP contribution in [0.5, 0.6) is 5.75 Å². The van der Waals surface area contributed by atoms with Gasteiger partial charge in [0.05, 0.1) is 23.8 Å². The molecule has 0 aliphatic heterocycles. The quantitative estimate of drug-likeness (QED) is 0.725. The summed E-state index contributed by atoms with van der Waals surface area (Å²) in [4.78, 5) is 15.8. The molecule has 3 rings (SSSR count). The van der Waals surface area contributed by atoms with Gasteiger partial charge in [0.2, 0.25) is 0 Å². The number of fused-ring (bicyclic) bond motifs is 1. The predicted molar refractivity (Wildman–Crippen MR) is 92.6 cm³/mol. The maximum Gasteiger partial charge on any atom is 0.119 e. The summed E-state index contributed by atoms with van der Waals surface area (Å²) in [6.07, 6.45) is 3.67. The van der Waals surface area contributed by atoms with Gasteiger partial charge >= 0.3 is 0 Å². The van der Waals surface area contributed by atoms with E-state index in [-0.39, 0.29) is 5.56 Å². The first-order valence-corrected chi connectivity index (χ1v) is 7.69. The average Bonchev–Trinajstić information content (AvgIpc) is 2.60. The van der Waals surface area contributed by atoms with Crippen LogP contribution in [0.4, 0.5) is 0 Å². The second-order valence-electron chi connectivity index (χ2n) is 5.23. The van der Waals surface area contributed by atoms with Crippen LogP contribution in [-0.2, 0) is 0 Å². The van der Waals surface area contributed by atoms with Crippen LogP contribution in [0.1, 0.15) is 28.5 Å². The first-order chi connectivity index (χ1) is 11.7. The van der Waals surface area contributed by atoms with Gasteiger partial charge < -0.3 is 14.6 Å². The number of aromatic nitrogens is 1. The van der Waals surface area contributed by atoms with Gasteiger partial charge in [-0.2, -0.15) is 0 Å². The third-order valence-electron chi connectivity index (χ3n) is 3.59. The molecule has 0 radical (unpaired) electrons. The van der Waals surface area contributed by atoms with Crippen LogP contribution in [-0.4, -0.2) is 17.6 Å². The van der Waals surface area contributed by atoms with Crippen LogP contribution in [0, 0.1) is 0 Å². The van der Waals surface area contributed by atoms with Crippen molar-refractivity contribution in [2.45, 2.75) is 6.92 Å². The van der Waals surface area contributed by atoms with E-state index in [0.29, 0.717) is 23.2 Å². The fourth-order valence-electron chi connectivity index (χ4n) is 2.47. The molecule has 1 aromatic heterocycles. The molecule has 1 heterocycles. The van der Waals surface area contributed by atoms with Crippen molar-refractivity contribution in [3.8, 4) is 5.75 Å². The highest BCUT2D eigenvalue weighted by Gasteiger charge is 2.04. The number of carboxylic acid groups (broad SMARTS) is 1. The molecule has 0 saturated heterocycles. The summed E-state index contributed by atoms with van der Waals surface area (Å²) in [5, 5.41) is 11.9. The Bertz CT molecular complexity index is 898. The number of benzene rings is 2. The van der Waals surface area contributed by atoms with E-state index in [0.717, 1.165) is 11.3 Å². The van der Waals surface area contributed by atoms with Crippen molar-refractivity contribution in [2.75, 3.05) is 6.61 Å². The van der Waals surface area contributed by atoms with E-state index < -0.39 is 5.97 Å². The molecule has 0 saturated carbocycles. The lowest BCUT2D eigenvalue weighted by atomic mass is 10.1. The Morgan fingerprint density at radius 1 is 1.12 bits per heavy atom. The van der Waals surface area contributed by atoms with Crippen molar-refractivity contribution in [1.29, 1.82) is 0 Å². The van der Waals surface area contributed by atoms with Crippen molar-refractivity contribution in [3.63, 3.8) is 0 Å². The first-order valence-electron chi connectivity index (χ1n) is 7.69. The molecule has 4 nitrogen and oxygen atoms in total. The molecule has 0 aliphatic carbocycles. The second-order valence-corrected chi connectivity index (χ2v) is 5.23. The minimum atomic E-state index is -1.20. The number of pyridine rings is 1. The third kappa shape index (κ3) is 3.43. The Labute approximate surface area is 140 Å². The number of hydrogen-bond acceptors (Lipinski definition) is 4. The summed E-state index contributed by atoms with van der Waals surface area (Å²) in [5.41, 5.74) is 2.32. The van der Waals surface area contributed by atoms with Gasteiger partial charge in [0, 0.05) is 10.9 Å². The number of nitrogens with zero attached hydrogens (tertiary/aromatic N) is 1. The molecule has 0 amide bonds. The lowest BCUT2D eigenvalue weighted by Crippen LogP contribution is -2.22. The van der Waals surface area contributed by atoms with E-state index in [1.165, 1.54) is 6.07 Å². The van der Waals surface area contributed by atoms with Crippen LogP contribution in [0.2, 0.25) is 0 Å². The maximum absolute atomic E-state index is 11.4. The smallest absolute Gasteiger partial charge is 0.119 e. The van der Waals surface area contributed by atoms with E-state index in [1.807, 2.05) is 43.3 Å². The van der Waals surface area contributed by atoms with E-state index >= 15 is 0 Å². The van der Waals surface area contributed by atoms with E-state index in [1.54, 1.807) is 24.3 Å². The maximum atomic E-state index is 11.4. The fourth-order valence-corrected chi connectivity index (χ4v) is 2.47. The van der Waals surface area contributed by atoms with E-state index in [9.17, 15) is 9.90 Å². The highest BCUT2D eigenvalue weighted by atomic mass is 16.5. The van der Waals surface area contributed by atoms with Gasteiger partial charge in [0.1, 0.15) is 5.75 Å². The monoisotopic (exact) mass is 318 g/mol. The minimum Gasteiger partial charge on any atom is -0.545 e. The SMILES string of the molecule is CCOc1ccc(/C=C/c2cc(C(=O)[O-])c3ccccc3n2)cc1. The standard InChI is InChI=1S/C20H17NO3/c1-2-24-16-11-8-14(9-12-16)7-10-15-13-18(20(22)23)17-5-3-4-6-19(17)21-15/h3-13H,2H2,1H3,(H,22,23)/p-1/b10-7+. The number of aromatic carboxylic acids is 1. The molecule has 0 spiro atoms. The largest absolute Gasteiger partial charge is 0.545 e. The van der Waals surface area contributed by atoms with Gasteiger partial charge in [-0.3, -0.25) is 0 Å². The van der Waals surface area contributed by atoms with Crippen molar-refractivity contribution in [3.05, 3.63) is 71.4 Å². The summed E-state index contributed by atoms with van der Waals surface area (Å²) in [6, 6.07) is 16.3. The van der Waals surface area contributed by atoms with Crippen LogP contribution >= 0.6 is 0 Å². The number of rotatable bonds is 5. The summed E-state index contributed by atoms with van der Waals surface area (Å²) >= 11 is 0. The summed E-state index contributed by atoms with van der Waals surface area (Å²) in [5.74, 6) is -0.387. The molecule has 0 aliphatic rings. The lowest BCUT2D eigenvalue weighted by Gasteiger charge is -2.08. The highest BCUT2D eigenvalue weighted by molar-refractivity contribution is 6.02. The molecule has 4 heteroatoms.